The van der Waals surface area contributed by atoms with E-state index in [1.54, 1.807) is 13.8 Å². The Bertz CT molecular complexity index is 278. The summed E-state index contributed by atoms with van der Waals surface area (Å²) in [6.07, 6.45) is 0.258. The fraction of sp³-hybridized carbons (Fsp3) is 0.750. The molecule has 1 saturated heterocycles. The Labute approximate surface area is 102 Å². The van der Waals surface area contributed by atoms with Crippen molar-refractivity contribution < 1.29 is 19.2 Å². The highest BCUT2D eigenvalue weighted by Gasteiger charge is 2.33. The summed E-state index contributed by atoms with van der Waals surface area (Å²) < 4.78 is 0. The standard InChI is InChI=1S/C8H11NO4.C4H10/c1-5(2)8(12)13-9-6(10)3-4-7(9)11;1-4(2)3/h5H,3-4H2,1-2H3;4H,1-3H3. The van der Waals surface area contributed by atoms with E-state index in [4.69, 9.17) is 0 Å². The van der Waals surface area contributed by atoms with Crippen LogP contribution in [0.1, 0.15) is 47.5 Å². The summed E-state index contributed by atoms with van der Waals surface area (Å²) in [5.74, 6) is -0.970. The Kier molecular flexibility index (Phi) is 6.46. The maximum atomic E-state index is 11.0. The molecular formula is C12H21NO4. The average molecular weight is 243 g/mol. The second-order valence-electron chi connectivity index (χ2n) is 4.88. The molecule has 1 aliphatic heterocycles. The number of carbonyl (C=O) groups is 3. The van der Waals surface area contributed by atoms with Gasteiger partial charge in [-0.25, -0.2) is 4.79 Å². The van der Waals surface area contributed by atoms with Crippen LogP contribution >= 0.6 is 0 Å². The van der Waals surface area contributed by atoms with Crippen molar-refractivity contribution in [1.29, 1.82) is 0 Å². The van der Waals surface area contributed by atoms with Gasteiger partial charge in [0.05, 0.1) is 5.92 Å². The molecule has 0 spiro atoms. The van der Waals surface area contributed by atoms with Crippen LogP contribution in [0.15, 0.2) is 0 Å². The number of amides is 2. The summed E-state index contributed by atoms with van der Waals surface area (Å²) in [7, 11) is 0. The molecule has 0 saturated carbocycles. The lowest BCUT2D eigenvalue weighted by Gasteiger charge is -2.13. The van der Waals surface area contributed by atoms with Gasteiger partial charge in [-0.05, 0) is 5.92 Å². The van der Waals surface area contributed by atoms with E-state index in [1.165, 1.54) is 0 Å². The van der Waals surface area contributed by atoms with Crippen LogP contribution in [0.2, 0.25) is 0 Å². The molecule has 0 atom stereocenters. The zero-order chi connectivity index (χ0) is 13.6. The first kappa shape index (κ1) is 15.6. The molecule has 1 rings (SSSR count). The molecule has 2 amide bonds. The molecule has 5 nitrogen and oxygen atoms in total. The highest BCUT2D eigenvalue weighted by Crippen LogP contribution is 2.13. The number of nitrogens with zero attached hydrogens (tertiary/aromatic N) is 1. The monoisotopic (exact) mass is 243 g/mol. The third-order valence-electron chi connectivity index (χ3n) is 1.66. The molecule has 0 aromatic heterocycles. The van der Waals surface area contributed by atoms with Crippen molar-refractivity contribution in [3.8, 4) is 0 Å². The first-order chi connectivity index (χ1) is 7.75. The molecule has 98 valence electrons. The summed E-state index contributed by atoms with van der Waals surface area (Å²) in [5, 5.41) is 0.558. The van der Waals surface area contributed by atoms with Gasteiger partial charge in [0, 0.05) is 12.8 Å². The lowest BCUT2D eigenvalue weighted by Crippen LogP contribution is -2.33. The van der Waals surface area contributed by atoms with Gasteiger partial charge in [-0.15, -0.1) is 5.06 Å². The molecule has 1 aliphatic rings. The Balaban J connectivity index is 0.000000557. The van der Waals surface area contributed by atoms with Crippen molar-refractivity contribution in [2.24, 2.45) is 11.8 Å². The van der Waals surface area contributed by atoms with Gasteiger partial charge in [-0.3, -0.25) is 9.59 Å². The minimum Gasteiger partial charge on any atom is -0.330 e. The zero-order valence-electron chi connectivity index (χ0n) is 11.1. The first-order valence-electron chi connectivity index (χ1n) is 5.83. The van der Waals surface area contributed by atoms with E-state index >= 15 is 0 Å². The van der Waals surface area contributed by atoms with Gasteiger partial charge in [-0.2, -0.15) is 0 Å². The largest absolute Gasteiger partial charge is 0.335 e. The normalized spacial score (nSPS) is 15.1. The molecule has 0 radical (unpaired) electrons. The van der Waals surface area contributed by atoms with Crippen molar-refractivity contribution in [2.75, 3.05) is 0 Å². The number of hydrogen-bond donors (Lipinski definition) is 0. The molecule has 1 heterocycles. The van der Waals surface area contributed by atoms with Gasteiger partial charge >= 0.3 is 5.97 Å². The molecule has 5 heteroatoms. The highest BCUT2D eigenvalue weighted by molar-refractivity contribution is 6.01. The molecule has 17 heavy (non-hydrogen) atoms. The summed E-state index contributed by atoms with van der Waals surface area (Å²) in [4.78, 5) is 37.6. The quantitative estimate of drug-likeness (QED) is 0.695. The zero-order valence-corrected chi connectivity index (χ0v) is 11.1. The topological polar surface area (TPSA) is 63.7 Å². The fourth-order valence-corrected chi connectivity index (χ4v) is 0.853. The van der Waals surface area contributed by atoms with Gasteiger partial charge in [-0.1, -0.05) is 34.6 Å². The maximum Gasteiger partial charge on any atom is 0.335 e. The van der Waals surface area contributed by atoms with E-state index in [0.29, 0.717) is 5.06 Å². The fourth-order valence-electron chi connectivity index (χ4n) is 0.853. The number of imide groups is 1. The molecule has 1 fully saturated rings. The number of hydrogen-bond acceptors (Lipinski definition) is 4. The highest BCUT2D eigenvalue weighted by atomic mass is 16.7. The van der Waals surface area contributed by atoms with Crippen molar-refractivity contribution >= 4 is 17.8 Å². The molecule has 0 N–H and O–H groups in total. The van der Waals surface area contributed by atoms with Crippen molar-refractivity contribution in [1.82, 2.24) is 5.06 Å². The predicted octanol–water partition coefficient (Wildman–Crippen LogP) is 1.91. The second-order valence-corrected chi connectivity index (χ2v) is 4.88. The lowest BCUT2D eigenvalue weighted by molar-refractivity contribution is -0.199. The SMILES string of the molecule is CC(C)C.CC(C)C(=O)ON1C(=O)CCC1=O. The third kappa shape index (κ3) is 6.04. The van der Waals surface area contributed by atoms with E-state index in [1.807, 2.05) is 0 Å². The van der Waals surface area contributed by atoms with Crippen LogP contribution in [0.5, 0.6) is 0 Å². The van der Waals surface area contributed by atoms with Crippen LogP contribution in [0, 0.1) is 11.8 Å². The van der Waals surface area contributed by atoms with Gasteiger partial charge in [0.1, 0.15) is 0 Å². The molecule has 0 bridgehead atoms. The average Bonchev–Trinajstić information content (AvgIpc) is 2.48. The molecular weight excluding hydrogens is 222 g/mol. The van der Waals surface area contributed by atoms with Crippen molar-refractivity contribution in [2.45, 2.75) is 47.5 Å². The maximum absolute atomic E-state index is 11.0. The number of hydroxylamine groups is 2. The van der Waals surface area contributed by atoms with Crippen LogP contribution in [0.4, 0.5) is 0 Å². The van der Waals surface area contributed by atoms with E-state index in [0.717, 1.165) is 5.92 Å². The van der Waals surface area contributed by atoms with E-state index in [-0.39, 0.29) is 18.8 Å². The molecule has 0 aromatic rings. The van der Waals surface area contributed by atoms with Gasteiger partial charge in [0.25, 0.3) is 11.8 Å². The van der Waals surface area contributed by atoms with Gasteiger partial charge in [0.15, 0.2) is 0 Å². The van der Waals surface area contributed by atoms with Crippen LogP contribution in [-0.4, -0.2) is 22.8 Å². The molecule has 0 aliphatic carbocycles. The van der Waals surface area contributed by atoms with Gasteiger partial charge in [0.2, 0.25) is 0 Å². The smallest absolute Gasteiger partial charge is 0.330 e. The van der Waals surface area contributed by atoms with E-state index < -0.39 is 17.8 Å². The minimum absolute atomic E-state index is 0.129. The Morgan fingerprint density at radius 2 is 1.41 bits per heavy atom. The van der Waals surface area contributed by atoms with Crippen LogP contribution in [-0.2, 0) is 19.2 Å². The molecule has 0 aromatic carbocycles. The van der Waals surface area contributed by atoms with Gasteiger partial charge < -0.3 is 4.84 Å². The Morgan fingerprint density at radius 3 is 1.71 bits per heavy atom. The van der Waals surface area contributed by atoms with Crippen LogP contribution < -0.4 is 0 Å². The minimum atomic E-state index is -0.566. The van der Waals surface area contributed by atoms with Crippen LogP contribution in [0.25, 0.3) is 0 Å². The second kappa shape index (κ2) is 7.04. The Morgan fingerprint density at radius 1 is 1.06 bits per heavy atom. The number of rotatable bonds is 2. The molecule has 0 unspecified atom stereocenters. The number of carbonyl (C=O) groups excluding carboxylic acids is 3. The lowest BCUT2D eigenvalue weighted by atomic mass is 10.2. The summed E-state index contributed by atoms with van der Waals surface area (Å²) in [6.45, 7) is 9.76. The van der Waals surface area contributed by atoms with E-state index in [2.05, 4.69) is 25.6 Å². The first-order valence-corrected chi connectivity index (χ1v) is 5.83. The van der Waals surface area contributed by atoms with Crippen molar-refractivity contribution in [3.05, 3.63) is 0 Å². The third-order valence-corrected chi connectivity index (χ3v) is 1.66. The van der Waals surface area contributed by atoms with Crippen LogP contribution in [0.3, 0.4) is 0 Å². The Hall–Kier alpha value is -1.39. The van der Waals surface area contributed by atoms with E-state index in [9.17, 15) is 14.4 Å². The summed E-state index contributed by atoms with van der Waals surface area (Å²) in [6, 6.07) is 0. The summed E-state index contributed by atoms with van der Waals surface area (Å²) in [5.41, 5.74) is 0. The summed E-state index contributed by atoms with van der Waals surface area (Å²) >= 11 is 0. The predicted molar refractivity (Wildman–Crippen MR) is 62.5 cm³/mol. The van der Waals surface area contributed by atoms with Crippen molar-refractivity contribution in [3.63, 3.8) is 0 Å².